The molecule has 5 nitrogen and oxygen atoms in total. The van der Waals surface area contributed by atoms with E-state index in [0.717, 1.165) is 5.56 Å². The molecule has 19 heavy (non-hydrogen) atoms. The predicted octanol–water partition coefficient (Wildman–Crippen LogP) is 0.970. The zero-order chi connectivity index (χ0) is 14.7. The molecule has 1 aromatic carbocycles. The Kier molecular flexibility index (Phi) is 5.26. The highest BCUT2D eigenvalue weighted by molar-refractivity contribution is 7.98. The van der Waals surface area contributed by atoms with Gasteiger partial charge in [0.25, 0.3) is 0 Å². The maximum atomic E-state index is 12.1. The molecule has 0 bridgehead atoms. The van der Waals surface area contributed by atoms with Crippen molar-refractivity contribution in [3.8, 4) is 0 Å². The molecule has 0 spiro atoms. The lowest BCUT2D eigenvalue weighted by molar-refractivity contribution is 0.0908. The number of nitrogens with one attached hydrogen (secondary N) is 1. The predicted molar refractivity (Wildman–Crippen MR) is 79.8 cm³/mol. The van der Waals surface area contributed by atoms with Crippen LogP contribution in [0.25, 0.3) is 0 Å². The molecule has 0 aromatic heterocycles. The van der Waals surface area contributed by atoms with Crippen molar-refractivity contribution in [3.63, 3.8) is 0 Å². The summed E-state index contributed by atoms with van der Waals surface area (Å²) in [5.74, 6) is 0.443. The number of thioether (sulfide) groups is 1. The van der Waals surface area contributed by atoms with Crippen LogP contribution in [-0.2, 0) is 10.0 Å². The Morgan fingerprint density at radius 2 is 2.11 bits per heavy atom. The maximum absolute atomic E-state index is 12.1. The van der Waals surface area contributed by atoms with Crippen LogP contribution in [0.1, 0.15) is 12.5 Å². The highest BCUT2D eigenvalue weighted by Gasteiger charge is 2.24. The summed E-state index contributed by atoms with van der Waals surface area (Å²) >= 11 is 1.45. The average molecular weight is 304 g/mol. The largest absolute Gasteiger partial charge is 0.398 e. The number of rotatable bonds is 6. The molecule has 0 amide bonds. The quantitative estimate of drug-likeness (QED) is 0.681. The highest BCUT2D eigenvalue weighted by Crippen LogP contribution is 2.20. The van der Waals surface area contributed by atoms with Gasteiger partial charge >= 0.3 is 0 Å². The van der Waals surface area contributed by atoms with Crippen molar-refractivity contribution in [1.82, 2.24) is 4.72 Å². The monoisotopic (exact) mass is 304 g/mol. The number of nitrogen functional groups attached to an aromatic ring is 1. The van der Waals surface area contributed by atoms with Crippen molar-refractivity contribution in [1.29, 1.82) is 0 Å². The van der Waals surface area contributed by atoms with Crippen LogP contribution in [0.2, 0.25) is 0 Å². The first-order chi connectivity index (χ1) is 8.68. The first-order valence-corrected chi connectivity index (χ1v) is 8.63. The molecule has 1 aromatic rings. The molecule has 0 aliphatic heterocycles. The topological polar surface area (TPSA) is 92.4 Å². The number of nitrogens with two attached hydrogens (primary N) is 1. The minimum absolute atomic E-state index is 0.0399. The highest BCUT2D eigenvalue weighted by atomic mass is 32.2. The summed E-state index contributed by atoms with van der Waals surface area (Å²) in [6, 6.07) is 4.76. The Morgan fingerprint density at radius 1 is 1.47 bits per heavy atom. The third-order valence-electron chi connectivity index (χ3n) is 2.55. The van der Waals surface area contributed by atoms with Gasteiger partial charge in [-0.15, -0.1) is 0 Å². The number of sulfonamides is 1. The fourth-order valence-electron chi connectivity index (χ4n) is 1.60. The standard InChI is InChI=1S/C12H20N2O3S2/c1-9-4-5-11(10(13)6-9)19(16,17)14-7-12(2,15)8-18-3/h4-6,14-15H,7-8,13H2,1-3H3. The van der Waals surface area contributed by atoms with E-state index in [4.69, 9.17) is 5.73 Å². The first-order valence-electron chi connectivity index (χ1n) is 5.75. The van der Waals surface area contributed by atoms with E-state index in [9.17, 15) is 13.5 Å². The number of aryl methyl sites for hydroxylation is 1. The number of hydrogen-bond acceptors (Lipinski definition) is 5. The van der Waals surface area contributed by atoms with Crippen molar-refractivity contribution in [2.45, 2.75) is 24.3 Å². The molecule has 0 saturated carbocycles. The molecule has 4 N–H and O–H groups in total. The number of anilines is 1. The number of hydrogen-bond donors (Lipinski definition) is 3. The Hall–Kier alpha value is -0.760. The fourth-order valence-corrected chi connectivity index (χ4v) is 3.60. The van der Waals surface area contributed by atoms with Crippen LogP contribution in [0.15, 0.2) is 23.1 Å². The van der Waals surface area contributed by atoms with Gasteiger partial charge in [-0.05, 0) is 37.8 Å². The molecule has 7 heteroatoms. The fraction of sp³-hybridized carbons (Fsp3) is 0.500. The Bertz CT molecular complexity index is 542. The number of benzene rings is 1. The van der Waals surface area contributed by atoms with E-state index in [1.54, 1.807) is 19.1 Å². The van der Waals surface area contributed by atoms with Gasteiger partial charge in [-0.1, -0.05) is 6.07 Å². The van der Waals surface area contributed by atoms with Crippen LogP contribution in [0, 0.1) is 6.92 Å². The summed E-state index contributed by atoms with van der Waals surface area (Å²) in [6.45, 7) is 3.37. The third kappa shape index (κ3) is 4.68. The van der Waals surface area contributed by atoms with Gasteiger partial charge in [0.1, 0.15) is 4.90 Å². The average Bonchev–Trinajstić information content (AvgIpc) is 2.26. The Labute approximate surface area is 118 Å². The van der Waals surface area contributed by atoms with Crippen LogP contribution >= 0.6 is 11.8 Å². The second kappa shape index (κ2) is 6.13. The van der Waals surface area contributed by atoms with E-state index < -0.39 is 15.6 Å². The molecule has 1 atom stereocenters. The van der Waals surface area contributed by atoms with Crippen molar-refractivity contribution in [3.05, 3.63) is 23.8 Å². The molecular formula is C12H20N2O3S2. The van der Waals surface area contributed by atoms with Gasteiger partial charge in [0.05, 0.1) is 11.3 Å². The van der Waals surface area contributed by atoms with Gasteiger partial charge in [0.2, 0.25) is 10.0 Å². The van der Waals surface area contributed by atoms with E-state index in [1.165, 1.54) is 17.8 Å². The SMILES string of the molecule is CSCC(C)(O)CNS(=O)(=O)c1ccc(C)cc1N. The van der Waals surface area contributed by atoms with Gasteiger partial charge < -0.3 is 10.8 Å². The molecule has 1 unspecified atom stereocenters. The van der Waals surface area contributed by atoms with Crippen LogP contribution in [0.5, 0.6) is 0 Å². The minimum atomic E-state index is -3.70. The van der Waals surface area contributed by atoms with E-state index in [-0.39, 0.29) is 17.1 Å². The van der Waals surface area contributed by atoms with E-state index >= 15 is 0 Å². The Balaban J connectivity index is 2.87. The molecule has 0 saturated heterocycles. The summed E-state index contributed by atoms with van der Waals surface area (Å²) in [6.07, 6.45) is 1.85. The molecule has 108 valence electrons. The lowest BCUT2D eigenvalue weighted by Gasteiger charge is -2.22. The van der Waals surface area contributed by atoms with Crippen LogP contribution < -0.4 is 10.5 Å². The van der Waals surface area contributed by atoms with Crippen LogP contribution in [-0.4, -0.2) is 37.7 Å². The van der Waals surface area contributed by atoms with Gasteiger partial charge in [0.15, 0.2) is 0 Å². The number of aliphatic hydroxyl groups is 1. The van der Waals surface area contributed by atoms with E-state index in [2.05, 4.69) is 4.72 Å². The zero-order valence-electron chi connectivity index (χ0n) is 11.3. The van der Waals surface area contributed by atoms with Gasteiger partial charge in [0, 0.05) is 12.3 Å². The second-order valence-electron chi connectivity index (χ2n) is 4.80. The first kappa shape index (κ1) is 16.3. The minimum Gasteiger partial charge on any atom is -0.398 e. The molecule has 1 rings (SSSR count). The van der Waals surface area contributed by atoms with Gasteiger partial charge in [-0.25, -0.2) is 13.1 Å². The molecular weight excluding hydrogens is 284 g/mol. The summed E-state index contributed by atoms with van der Waals surface area (Å²) < 4.78 is 26.6. The van der Waals surface area contributed by atoms with Crippen LogP contribution in [0.3, 0.4) is 0 Å². The van der Waals surface area contributed by atoms with E-state index in [1.807, 2.05) is 13.2 Å². The molecule has 0 radical (unpaired) electrons. The van der Waals surface area contributed by atoms with Crippen molar-refractivity contribution >= 4 is 27.5 Å². The Morgan fingerprint density at radius 3 is 2.63 bits per heavy atom. The van der Waals surface area contributed by atoms with Gasteiger partial charge in [-0.3, -0.25) is 0 Å². The third-order valence-corrected chi connectivity index (χ3v) is 4.94. The molecule has 0 heterocycles. The van der Waals surface area contributed by atoms with Crippen molar-refractivity contribution in [2.75, 3.05) is 24.3 Å². The van der Waals surface area contributed by atoms with Crippen molar-refractivity contribution in [2.24, 2.45) is 0 Å². The summed E-state index contributed by atoms with van der Waals surface area (Å²) in [7, 11) is -3.70. The normalized spacial score (nSPS) is 15.2. The smallest absolute Gasteiger partial charge is 0.242 e. The zero-order valence-corrected chi connectivity index (χ0v) is 12.9. The van der Waals surface area contributed by atoms with E-state index in [0.29, 0.717) is 5.75 Å². The van der Waals surface area contributed by atoms with Gasteiger partial charge in [-0.2, -0.15) is 11.8 Å². The lowest BCUT2D eigenvalue weighted by Crippen LogP contribution is -2.42. The summed E-state index contributed by atoms with van der Waals surface area (Å²) in [5, 5.41) is 9.96. The molecule has 0 aliphatic carbocycles. The molecule has 0 fully saturated rings. The van der Waals surface area contributed by atoms with Crippen molar-refractivity contribution < 1.29 is 13.5 Å². The second-order valence-corrected chi connectivity index (χ2v) is 7.40. The lowest BCUT2D eigenvalue weighted by atomic mass is 10.1. The van der Waals surface area contributed by atoms with Crippen LogP contribution in [0.4, 0.5) is 5.69 Å². The molecule has 0 aliphatic rings. The maximum Gasteiger partial charge on any atom is 0.242 e. The summed E-state index contributed by atoms with van der Waals surface area (Å²) in [4.78, 5) is 0.0399. The summed E-state index contributed by atoms with van der Waals surface area (Å²) in [5.41, 5.74) is 5.73.